The minimum atomic E-state index is -0.809. The van der Waals surface area contributed by atoms with Gasteiger partial charge in [-0.05, 0) is 26.0 Å². The molecule has 0 aliphatic heterocycles. The highest BCUT2D eigenvalue weighted by Crippen LogP contribution is 2.26. The molecule has 1 unspecified atom stereocenters. The highest BCUT2D eigenvalue weighted by molar-refractivity contribution is 5.45. The summed E-state index contributed by atoms with van der Waals surface area (Å²) in [6.45, 7) is 4.56. The highest BCUT2D eigenvalue weighted by Gasteiger charge is 2.17. The molecule has 0 aromatic heterocycles. The lowest BCUT2D eigenvalue weighted by atomic mass is 10.2. The van der Waals surface area contributed by atoms with Gasteiger partial charge in [-0.15, -0.1) is 0 Å². The predicted octanol–water partition coefficient (Wildman–Crippen LogP) is 1.78. The van der Waals surface area contributed by atoms with Crippen molar-refractivity contribution < 1.29 is 19.2 Å². The van der Waals surface area contributed by atoms with Crippen molar-refractivity contribution >= 4 is 5.69 Å². The van der Waals surface area contributed by atoms with Gasteiger partial charge in [0.25, 0.3) is 5.69 Å². The van der Waals surface area contributed by atoms with Crippen molar-refractivity contribution in [2.75, 3.05) is 19.7 Å². The lowest BCUT2D eigenvalue weighted by Crippen LogP contribution is -2.31. The van der Waals surface area contributed by atoms with Gasteiger partial charge in [0.15, 0.2) is 11.6 Å². The van der Waals surface area contributed by atoms with Crippen molar-refractivity contribution in [2.24, 2.45) is 0 Å². The van der Waals surface area contributed by atoms with Gasteiger partial charge < -0.3 is 15.2 Å². The first-order valence-corrected chi connectivity index (χ1v) is 6.41. The van der Waals surface area contributed by atoms with Crippen molar-refractivity contribution in [2.45, 2.75) is 26.4 Å². The Kier molecular flexibility index (Phi) is 6.33. The molecule has 20 heavy (non-hydrogen) atoms. The van der Waals surface area contributed by atoms with E-state index < -0.39 is 16.8 Å². The fourth-order valence-electron chi connectivity index (χ4n) is 1.64. The van der Waals surface area contributed by atoms with E-state index in [4.69, 9.17) is 4.74 Å². The smallest absolute Gasteiger partial charge is 0.275 e. The second-order valence-corrected chi connectivity index (χ2v) is 4.50. The SMILES string of the molecule is CCCNCC(O)COc1cc(C)c([N+](=O)[O-])cc1F. The zero-order valence-electron chi connectivity index (χ0n) is 11.6. The van der Waals surface area contributed by atoms with Crippen LogP contribution in [0.25, 0.3) is 0 Å². The summed E-state index contributed by atoms with van der Waals surface area (Å²) in [7, 11) is 0. The molecule has 6 nitrogen and oxygen atoms in total. The summed E-state index contributed by atoms with van der Waals surface area (Å²) in [5.74, 6) is -0.904. The van der Waals surface area contributed by atoms with Gasteiger partial charge >= 0.3 is 0 Å². The minimum absolute atomic E-state index is 0.0785. The van der Waals surface area contributed by atoms with Crippen LogP contribution in [0, 0.1) is 22.9 Å². The van der Waals surface area contributed by atoms with E-state index in [9.17, 15) is 19.6 Å². The van der Waals surface area contributed by atoms with Crippen LogP contribution < -0.4 is 10.1 Å². The highest BCUT2D eigenvalue weighted by atomic mass is 19.1. The van der Waals surface area contributed by atoms with Crippen LogP contribution in [0.15, 0.2) is 12.1 Å². The molecule has 1 aromatic rings. The van der Waals surface area contributed by atoms with Crippen LogP contribution in [0.1, 0.15) is 18.9 Å². The van der Waals surface area contributed by atoms with E-state index in [1.165, 1.54) is 13.0 Å². The Labute approximate surface area is 116 Å². The maximum absolute atomic E-state index is 13.6. The van der Waals surface area contributed by atoms with Crippen LogP contribution >= 0.6 is 0 Å². The number of nitro benzene ring substituents is 1. The third-order valence-electron chi connectivity index (χ3n) is 2.69. The van der Waals surface area contributed by atoms with Gasteiger partial charge in [0.2, 0.25) is 0 Å². The Morgan fingerprint density at radius 2 is 2.25 bits per heavy atom. The number of benzene rings is 1. The van der Waals surface area contributed by atoms with Gasteiger partial charge in [-0.1, -0.05) is 6.92 Å². The van der Waals surface area contributed by atoms with E-state index >= 15 is 0 Å². The number of ether oxygens (including phenoxy) is 1. The molecule has 2 N–H and O–H groups in total. The number of hydrogen-bond donors (Lipinski definition) is 2. The predicted molar refractivity (Wildman–Crippen MR) is 72.5 cm³/mol. The van der Waals surface area contributed by atoms with Crippen molar-refractivity contribution in [1.29, 1.82) is 0 Å². The van der Waals surface area contributed by atoms with Gasteiger partial charge in [-0.25, -0.2) is 4.39 Å². The molecule has 1 atom stereocenters. The van der Waals surface area contributed by atoms with Crippen LogP contribution in [0.5, 0.6) is 5.75 Å². The number of hydrogen-bond acceptors (Lipinski definition) is 5. The summed E-state index contributed by atoms with van der Waals surface area (Å²) in [5.41, 5.74) is 0.0185. The molecule has 1 rings (SSSR count). The first-order chi connectivity index (χ1) is 9.45. The molecular formula is C13H19FN2O4. The second kappa shape index (κ2) is 7.76. The third kappa shape index (κ3) is 4.75. The van der Waals surface area contributed by atoms with Crippen LogP contribution in [0.4, 0.5) is 10.1 Å². The Bertz CT molecular complexity index is 468. The number of aryl methyl sites for hydroxylation is 1. The summed E-state index contributed by atoms with van der Waals surface area (Å²) >= 11 is 0. The first-order valence-electron chi connectivity index (χ1n) is 6.41. The molecule has 0 aliphatic carbocycles. The van der Waals surface area contributed by atoms with Crippen molar-refractivity contribution in [1.82, 2.24) is 5.32 Å². The molecule has 1 aromatic carbocycles. The van der Waals surface area contributed by atoms with Crippen LogP contribution in [0.2, 0.25) is 0 Å². The summed E-state index contributed by atoms with van der Waals surface area (Å²) < 4.78 is 18.8. The summed E-state index contributed by atoms with van der Waals surface area (Å²) in [6, 6.07) is 2.09. The third-order valence-corrected chi connectivity index (χ3v) is 2.69. The van der Waals surface area contributed by atoms with Crippen LogP contribution in [-0.2, 0) is 0 Å². The molecule has 0 radical (unpaired) electrons. The van der Waals surface area contributed by atoms with Crippen LogP contribution in [0.3, 0.4) is 0 Å². The van der Waals surface area contributed by atoms with Crippen molar-refractivity contribution in [3.8, 4) is 5.75 Å². The second-order valence-electron chi connectivity index (χ2n) is 4.50. The van der Waals surface area contributed by atoms with E-state index in [0.29, 0.717) is 12.1 Å². The van der Waals surface area contributed by atoms with E-state index in [1.54, 1.807) is 0 Å². The monoisotopic (exact) mass is 286 g/mol. The molecule has 112 valence electrons. The quantitative estimate of drug-likeness (QED) is 0.432. The number of aliphatic hydroxyl groups is 1. The van der Waals surface area contributed by atoms with E-state index in [-0.39, 0.29) is 18.0 Å². The van der Waals surface area contributed by atoms with E-state index in [0.717, 1.165) is 19.0 Å². The molecule has 0 amide bonds. The number of halogens is 1. The lowest BCUT2D eigenvalue weighted by molar-refractivity contribution is -0.385. The fraction of sp³-hybridized carbons (Fsp3) is 0.538. The fourth-order valence-corrected chi connectivity index (χ4v) is 1.64. The molecular weight excluding hydrogens is 267 g/mol. The van der Waals surface area contributed by atoms with E-state index in [1.807, 2.05) is 6.92 Å². The average molecular weight is 286 g/mol. The molecule has 0 bridgehead atoms. The normalized spacial score (nSPS) is 12.2. The van der Waals surface area contributed by atoms with Gasteiger partial charge in [0, 0.05) is 12.1 Å². The Morgan fingerprint density at radius 1 is 1.55 bits per heavy atom. The van der Waals surface area contributed by atoms with Crippen LogP contribution in [-0.4, -0.2) is 35.8 Å². The maximum atomic E-state index is 13.6. The molecule has 0 saturated heterocycles. The maximum Gasteiger partial charge on any atom is 0.275 e. The topological polar surface area (TPSA) is 84.6 Å². The summed E-state index contributed by atoms with van der Waals surface area (Å²) in [4.78, 5) is 10.0. The van der Waals surface area contributed by atoms with Gasteiger partial charge in [-0.3, -0.25) is 10.1 Å². The number of rotatable bonds is 8. The zero-order chi connectivity index (χ0) is 15.1. The van der Waals surface area contributed by atoms with Gasteiger partial charge in [-0.2, -0.15) is 0 Å². The van der Waals surface area contributed by atoms with Crippen molar-refractivity contribution in [3.63, 3.8) is 0 Å². The Balaban J connectivity index is 2.60. The summed E-state index contributed by atoms with van der Waals surface area (Å²) in [5, 5.41) is 23.3. The molecule has 0 heterocycles. The molecule has 0 fully saturated rings. The molecule has 7 heteroatoms. The zero-order valence-corrected chi connectivity index (χ0v) is 11.6. The average Bonchev–Trinajstić information content (AvgIpc) is 2.39. The largest absolute Gasteiger partial charge is 0.488 e. The number of nitro groups is 1. The van der Waals surface area contributed by atoms with E-state index in [2.05, 4.69) is 5.32 Å². The molecule has 0 saturated carbocycles. The first kappa shape index (κ1) is 16.3. The minimum Gasteiger partial charge on any atom is -0.488 e. The Morgan fingerprint density at radius 3 is 2.85 bits per heavy atom. The standard InChI is InChI=1S/C13H19FN2O4/c1-3-4-15-7-10(17)8-20-13-5-9(2)12(16(18)19)6-11(13)14/h5-6,10,15,17H,3-4,7-8H2,1-2H3. The van der Waals surface area contributed by atoms with Gasteiger partial charge in [0.05, 0.1) is 11.0 Å². The van der Waals surface area contributed by atoms with Crippen molar-refractivity contribution in [3.05, 3.63) is 33.6 Å². The van der Waals surface area contributed by atoms with Gasteiger partial charge in [0.1, 0.15) is 12.7 Å². The number of nitrogens with one attached hydrogen (secondary N) is 1. The lowest BCUT2D eigenvalue weighted by Gasteiger charge is -2.13. The molecule has 0 spiro atoms. The Hall–Kier alpha value is -1.73. The number of nitrogens with zero attached hydrogens (tertiary/aromatic N) is 1. The molecule has 0 aliphatic rings. The summed E-state index contributed by atoms with van der Waals surface area (Å²) in [6.07, 6.45) is 0.181. The number of aliphatic hydroxyl groups excluding tert-OH is 1.